The molecule has 0 aliphatic rings. The number of sulfonamides is 1. The number of amides is 1. The Morgan fingerprint density at radius 2 is 1.70 bits per heavy atom. The lowest BCUT2D eigenvalue weighted by Gasteiger charge is -2.14. The standard InChI is InChI=1S/C20H15Cl2IN2O4S/c1-29-19-9-7-15(30(27,28)25-14-5-3-13(23)4-6-14)11-18(19)24-20(26)16-8-2-12(21)10-17(16)22/h2-11,25H,1H3,(H,24,26). The van der Waals surface area contributed by atoms with E-state index in [2.05, 4.69) is 32.6 Å². The van der Waals surface area contributed by atoms with E-state index in [9.17, 15) is 13.2 Å². The zero-order valence-electron chi connectivity index (χ0n) is 15.4. The molecular formula is C20H15Cl2IN2O4S. The summed E-state index contributed by atoms with van der Waals surface area (Å²) in [5.74, 6) is -0.239. The number of benzene rings is 3. The molecular weight excluding hydrogens is 562 g/mol. The molecule has 10 heteroatoms. The molecule has 156 valence electrons. The van der Waals surface area contributed by atoms with Crippen molar-refractivity contribution in [3.8, 4) is 5.75 Å². The average Bonchev–Trinajstić information content (AvgIpc) is 2.69. The Morgan fingerprint density at radius 3 is 2.33 bits per heavy atom. The molecule has 3 aromatic carbocycles. The number of rotatable bonds is 6. The molecule has 0 saturated carbocycles. The highest BCUT2D eigenvalue weighted by Crippen LogP contribution is 2.30. The number of methoxy groups -OCH3 is 1. The van der Waals surface area contributed by atoms with E-state index in [4.69, 9.17) is 27.9 Å². The number of hydrogen-bond acceptors (Lipinski definition) is 4. The van der Waals surface area contributed by atoms with Crippen molar-refractivity contribution in [3.63, 3.8) is 0 Å². The molecule has 0 saturated heterocycles. The highest BCUT2D eigenvalue weighted by molar-refractivity contribution is 14.1. The molecule has 6 nitrogen and oxygen atoms in total. The van der Waals surface area contributed by atoms with Crippen LogP contribution in [0.25, 0.3) is 0 Å². The number of carbonyl (C=O) groups excluding carboxylic acids is 1. The van der Waals surface area contributed by atoms with E-state index in [0.717, 1.165) is 3.57 Å². The maximum Gasteiger partial charge on any atom is 0.261 e. The minimum Gasteiger partial charge on any atom is -0.495 e. The molecule has 0 aliphatic heterocycles. The Bertz CT molecular complexity index is 1200. The maximum atomic E-state index is 12.8. The Balaban J connectivity index is 1.91. The molecule has 2 N–H and O–H groups in total. The van der Waals surface area contributed by atoms with Crippen LogP contribution < -0.4 is 14.8 Å². The monoisotopic (exact) mass is 576 g/mol. The molecule has 30 heavy (non-hydrogen) atoms. The summed E-state index contributed by atoms with van der Waals surface area (Å²) in [6.07, 6.45) is 0. The van der Waals surface area contributed by atoms with E-state index in [1.807, 2.05) is 0 Å². The number of ether oxygens (including phenoxy) is 1. The molecule has 0 spiro atoms. The number of nitrogens with one attached hydrogen (secondary N) is 2. The molecule has 1 amide bonds. The normalized spacial score (nSPS) is 11.1. The Labute approximate surface area is 197 Å². The molecule has 0 fully saturated rings. The molecule has 0 bridgehead atoms. The van der Waals surface area contributed by atoms with Gasteiger partial charge in [0.1, 0.15) is 5.75 Å². The van der Waals surface area contributed by atoms with Gasteiger partial charge in [-0.2, -0.15) is 0 Å². The molecule has 0 heterocycles. The Hall–Kier alpha value is -2.01. The summed E-state index contributed by atoms with van der Waals surface area (Å²) in [5, 5.41) is 3.20. The van der Waals surface area contributed by atoms with Gasteiger partial charge in [-0.25, -0.2) is 8.42 Å². The molecule has 3 rings (SSSR count). The third-order valence-corrected chi connectivity index (χ3v) is 6.65. The van der Waals surface area contributed by atoms with Gasteiger partial charge in [0.15, 0.2) is 0 Å². The predicted molar refractivity (Wildman–Crippen MR) is 127 cm³/mol. The second-order valence-electron chi connectivity index (χ2n) is 6.05. The lowest BCUT2D eigenvalue weighted by molar-refractivity contribution is 0.102. The highest BCUT2D eigenvalue weighted by atomic mass is 127. The highest BCUT2D eigenvalue weighted by Gasteiger charge is 2.19. The molecule has 0 aliphatic carbocycles. The van der Waals surface area contributed by atoms with Crippen LogP contribution in [0.2, 0.25) is 10.0 Å². The van der Waals surface area contributed by atoms with Gasteiger partial charge in [-0.15, -0.1) is 0 Å². The van der Waals surface area contributed by atoms with Crippen LogP contribution in [0.15, 0.2) is 65.6 Å². The van der Waals surface area contributed by atoms with Crippen LogP contribution in [0.4, 0.5) is 11.4 Å². The second kappa shape index (κ2) is 9.42. The summed E-state index contributed by atoms with van der Waals surface area (Å²) in [7, 11) is -2.48. The van der Waals surface area contributed by atoms with Crippen molar-refractivity contribution in [1.29, 1.82) is 0 Å². The molecule has 0 atom stereocenters. The van der Waals surface area contributed by atoms with E-state index in [1.165, 1.54) is 43.5 Å². The number of carbonyl (C=O) groups is 1. The van der Waals surface area contributed by atoms with Gasteiger partial charge in [0.2, 0.25) is 0 Å². The SMILES string of the molecule is COc1ccc(S(=O)(=O)Nc2ccc(I)cc2)cc1NC(=O)c1ccc(Cl)cc1Cl. The minimum atomic E-state index is -3.89. The molecule has 3 aromatic rings. The van der Waals surface area contributed by atoms with Crippen LogP contribution in [0.5, 0.6) is 5.75 Å². The van der Waals surface area contributed by atoms with Crippen LogP contribution in [0.3, 0.4) is 0 Å². The number of hydrogen-bond donors (Lipinski definition) is 2. The lowest BCUT2D eigenvalue weighted by Crippen LogP contribution is -2.16. The maximum absolute atomic E-state index is 12.8. The van der Waals surface area contributed by atoms with Crippen molar-refractivity contribution in [2.75, 3.05) is 17.1 Å². The minimum absolute atomic E-state index is 0.0423. The van der Waals surface area contributed by atoms with Crippen molar-refractivity contribution < 1.29 is 17.9 Å². The van der Waals surface area contributed by atoms with E-state index < -0.39 is 15.9 Å². The topological polar surface area (TPSA) is 84.5 Å². The lowest BCUT2D eigenvalue weighted by atomic mass is 10.2. The van der Waals surface area contributed by atoms with E-state index in [1.54, 1.807) is 24.3 Å². The van der Waals surface area contributed by atoms with Crippen LogP contribution in [-0.4, -0.2) is 21.4 Å². The van der Waals surface area contributed by atoms with Crippen molar-refractivity contribution in [2.24, 2.45) is 0 Å². The van der Waals surface area contributed by atoms with Gasteiger partial charge in [0.05, 0.1) is 28.3 Å². The first-order valence-corrected chi connectivity index (χ1v) is 11.7. The van der Waals surface area contributed by atoms with Gasteiger partial charge in [-0.1, -0.05) is 23.2 Å². The first-order chi connectivity index (χ1) is 14.2. The third kappa shape index (κ3) is 5.37. The number of halogens is 3. The predicted octanol–water partition coefficient (Wildman–Crippen LogP) is 5.66. The Kier molecular flexibility index (Phi) is 7.12. The van der Waals surface area contributed by atoms with Gasteiger partial charge in [-0.05, 0) is 83.3 Å². The largest absolute Gasteiger partial charge is 0.495 e. The zero-order valence-corrected chi connectivity index (χ0v) is 19.9. The zero-order chi connectivity index (χ0) is 21.9. The smallest absolute Gasteiger partial charge is 0.261 e. The van der Waals surface area contributed by atoms with Gasteiger partial charge < -0.3 is 10.1 Å². The molecule has 0 aromatic heterocycles. The third-order valence-electron chi connectivity index (χ3n) is 4.00. The van der Waals surface area contributed by atoms with Crippen molar-refractivity contribution in [2.45, 2.75) is 4.90 Å². The quantitative estimate of drug-likeness (QED) is 0.371. The fourth-order valence-corrected chi connectivity index (χ4v) is 4.49. The van der Waals surface area contributed by atoms with Crippen LogP contribution in [-0.2, 0) is 10.0 Å². The van der Waals surface area contributed by atoms with Crippen molar-refractivity contribution in [3.05, 3.63) is 79.8 Å². The van der Waals surface area contributed by atoms with E-state index >= 15 is 0 Å². The summed E-state index contributed by atoms with van der Waals surface area (Å²) < 4.78 is 34.3. The van der Waals surface area contributed by atoms with Crippen molar-refractivity contribution in [1.82, 2.24) is 0 Å². The molecule has 0 unspecified atom stereocenters. The van der Waals surface area contributed by atoms with Gasteiger partial charge in [0, 0.05) is 14.3 Å². The van der Waals surface area contributed by atoms with Crippen LogP contribution >= 0.6 is 45.8 Å². The summed E-state index contributed by atoms with van der Waals surface area (Å²) in [4.78, 5) is 12.6. The summed E-state index contributed by atoms with van der Waals surface area (Å²) in [6, 6.07) is 15.5. The van der Waals surface area contributed by atoms with Gasteiger partial charge in [0.25, 0.3) is 15.9 Å². The first kappa shape index (κ1) is 22.7. The van der Waals surface area contributed by atoms with Gasteiger partial charge >= 0.3 is 0 Å². The van der Waals surface area contributed by atoms with Crippen LogP contribution in [0.1, 0.15) is 10.4 Å². The Morgan fingerprint density at radius 1 is 1.00 bits per heavy atom. The first-order valence-electron chi connectivity index (χ1n) is 8.42. The number of anilines is 2. The summed E-state index contributed by atoms with van der Waals surface area (Å²) in [5.41, 5.74) is 0.789. The van der Waals surface area contributed by atoms with Gasteiger partial charge in [-0.3, -0.25) is 9.52 Å². The van der Waals surface area contributed by atoms with E-state index in [0.29, 0.717) is 16.5 Å². The second-order valence-corrected chi connectivity index (χ2v) is 9.82. The van der Waals surface area contributed by atoms with Crippen molar-refractivity contribution >= 4 is 73.1 Å². The average molecular weight is 577 g/mol. The van der Waals surface area contributed by atoms with E-state index in [-0.39, 0.29) is 21.2 Å². The molecule has 0 radical (unpaired) electrons. The fourth-order valence-electron chi connectivity index (χ4n) is 2.55. The van der Waals surface area contributed by atoms with Crippen LogP contribution in [0, 0.1) is 3.57 Å². The fraction of sp³-hybridized carbons (Fsp3) is 0.0500. The summed E-state index contributed by atoms with van der Waals surface area (Å²) in [6.45, 7) is 0. The summed E-state index contributed by atoms with van der Waals surface area (Å²) >= 11 is 14.1.